The zero-order valence-electron chi connectivity index (χ0n) is 16.2. The average Bonchev–Trinajstić information content (AvgIpc) is 2.75. The van der Waals surface area contributed by atoms with E-state index in [4.69, 9.17) is 23.8 Å². The van der Waals surface area contributed by atoms with E-state index in [0.29, 0.717) is 27.5 Å². The molecular formula is C23H20ClN3O2S. The Balaban J connectivity index is 1.55. The number of carbonyl (C=O) groups excluding carboxylic acids is 2. The minimum absolute atomic E-state index is 0.190. The Morgan fingerprint density at radius 3 is 2.07 bits per heavy atom. The van der Waals surface area contributed by atoms with Gasteiger partial charge in [0.1, 0.15) is 0 Å². The van der Waals surface area contributed by atoms with E-state index in [0.717, 1.165) is 12.0 Å². The molecule has 0 aliphatic heterocycles. The summed E-state index contributed by atoms with van der Waals surface area (Å²) in [6.07, 6.45) is 0.914. The molecule has 3 aromatic carbocycles. The van der Waals surface area contributed by atoms with Crippen molar-refractivity contribution in [3.63, 3.8) is 0 Å². The quantitative estimate of drug-likeness (QED) is 0.475. The molecule has 0 fully saturated rings. The lowest BCUT2D eigenvalue weighted by atomic mass is 10.1. The zero-order chi connectivity index (χ0) is 21.5. The zero-order valence-corrected chi connectivity index (χ0v) is 17.8. The van der Waals surface area contributed by atoms with Crippen LogP contribution in [0.25, 0.3) is 0 Å². The van der Waals surface area contributed by atoms with Crippen molar-refractivity contribution in [2.45, 2.75) is 13.3 Å². The highest BCUT2D eigenvalue weighted by molar-refractivity contribution is 7.80. The Bertz CT molecular complexity index is 1070. The van der Waals surface area contributed by atoms with Crippen LogP contribution in [0.5, 0.6) is 0 Å². The number of anilines is 2. The van der Waals surface area contributed by atoms with E-state index in [1.807, 2.05) is 12.1 Å². The number of rotatable bonds is 5. The van der Waals surface area contributed by atoms with Crippen LogP contribution >= 0.6 is 23.8 Å². The van der Waals surface area contributed by atoms with Gasteiger partial charge in [-0.25, -0.2) is 0 Å². The summed E-state index contributed by atoms with van der Waals surface area (Å²) in [7, 11) is 0. The second kappa shape index (κ2) is 10.0. The molecule has 0 atom stereocenters. The predicted molar refractivity (Wildman–Crippen MR) is 125 cm³/mol. The normalized spacial score (nSPS) is 10.2. The van der Waals surface area contributed by atoms with Crippen LogP contribution in [-0.2, 0) is 6.42 Å². The monoisotopic (exact) mass is 437 g/mol. The molecule has 3 aromatic rings. The SMILES string of the molecule is CCc1ccc(C(=O)NC(=S)Nc2ccc(NC(=O)c3cccc(Cl)c3)cc2)cc1. The molecule has 3 rings (SSSR count). The topological polar surface area (TPSA) is 70.2 Å². The third-order valence-corrected chi connectivity index (χ3v) is 4.78. The van der Waals surface area contributed by atoms with Crippen LogP contribution < -0.4 is 16.0 Å². The second-order valence-corrected chi connectivity index (χ2v) is 7.35. The van der Waals surface area contributed by atoms with Gasteiger partial charge in [-0.2, -0.15) is 0 Å². The maximum Gasteiger partial charge on any atom is 0.257 e. The average molecular weight is 438 g/mol. The number of benzene rings is 3. The maximum absolute atomic E-state index is 12.3. The smallest absolute Gasteiger partial charge is 0.257 e. The van der Waals surface area contributed by atoms with Gasteiger partial charge in [-0.3, -0.25) is 14.9 Å². The molecule has 152 valence electrons. The van der Waals surface area contributed by atoms with Crippen LogP contribution in [0.15, 0.2) is 72.8 Å². The molecule has 0 radical (unpaired) electrons. The lowest BCUT2D eigenvalue weighted by molar-refractivity contribution is 0.0976. The lowest BCUT2D eigenvalue weighted by Gasteiger charge is -2.11. The van der Waals surface area contributed by atoms with Crippen molar-refractivity contribution in [1.82, 2.24) is 5.32 Å². The predicted octanol–water partition coefficient (Wildman–Crippen LogP) is 5.28. The van der Waals surface area contributed by atoms with Gasteiger partial charge in [-0.1, -0.05) is 36.7 Å². The fourth-order valence-electron chi connectivity index (χ4n) is 2.70. The van der Waals surface area contributed by atoms with Crippen LogP contribution in [0.2, 0.25) is 5.02 Å². The summed E-state index contributed by atoms with van der Waals surface area (Å²) in [4.78, 5) is 24.6. The summed E-state index contributed by atoms with van der Waals surface area (Å²) in [5.41, 5.74) is 3.48. The Morgan fingerprint density at radius 1 is 0.833 bits per heavy atom. The molecule has 0 aromatic heterocycles. The van der Waals surface area contributed by atoms with Crippen LogP contribution in [0.4, 0.5) is 11.4 Å². The van der Waals surface area contributed by atoms with Gasteiger partial charge < -0.3 is 10.6 Å². The van der Waals surface area contributed by atoms with E-state index in [2.05, 4.69) is 22.9 Å². The first-order valence-corrected chi connectivity index (χ1v) is 10.1. The van der Waals surface area contributed by atoms with E-state index in [1.54, 1.807) is 60.7 Å². The molecule has 0 spiro atoms. The van der Waals surface area contributed by atoms with Gasteiger partial charge in [0.25, 0.3) is 11.8 Å². The Hall–Kier alpha value is -3.22. The number of thiocarbonyl (C=S) groups is 1. The summed E-state index contributed by atoms with van der Waals surface area (Å²) < 4.78 is 0. The van der Waals surface area contributed by atoms with Crippen molar-refractivity contribution in [2.75, 3.05) is 10.6 Å². The van der Waals surface area contributed by atoms with Crippen molar-refractivity contribution in [3.8, 4) is 0 Å². The summed E-state index contributed by atoms with van der Waals surface area (Å²) in [5, 5.41) is 9.10. The fraction of sp³-hybridized carbons (Fsp3) is 0.0870. The first-order valence-electron chi connectivity index (χ1n) is 9.33. The highest BCUT2D eigenvalue weighted by Gasteiger charge is 2.09. The molecular weight excluding hydrogens is 418 g/mol. The molecule has 7 heteroatoms. The van der Waals surface area contributed by atoms with Crippen LogP contribution in [-0.4, -0.2) is 16.9 Å². The van der Waals surface area contributed by atoms with Gasteiger partial charge in [0, 0.05) is 27.5 Å². The highest BCUT2D eigenvalue weighted by Crippen LogP contribution is 2.16. The number of carbonyl (C=O) groups is 2. The molecule has 3 N–H and O–H groups in total. The minimum Gasteiger partial charge on any atom is -0.332 e. The molecule has 0 aliphatic rings. The second-order valence-electron chi connectivity index (χ2n) is 6.50. The molecule has 0 aliphatic carbocycles. The third kappa shape index (κ3) is 5.89. The van der Waals surface area contributed by atoms with Gasteiger partial charge in [0.05, 0.1) is 0 Å². The summed E-state index contributed by atoms with van der Waals surface area (Å²) >= 11 is 11.1. The molecule has 0 saturated carbocycles. The summed E-state index contributed by atoms with van der Waals surface area (Å²) in [5.74, 6) is -0.532. The van der Waals surface area contributed by atoms with Crippen molar-refractivity contribution >= 4 is 52.1 Å². The van der Waals surface area contributed by atoms with E-state index in [1.165, 1.54) is 0 Å². The lowest BCUT2D eigenvalue weighted by Crippen LogP contribution is -2.34. The van der Waals surface area contributed by atoms with E-state index >= 15 is 0 Å². The number of hydrogen-bond acceptors (Lipinski definition) is 3. The minimum atomic E-state index is -0.277. The Kier molecular flexibility index (Phi) is 7.17. The van der Waals surface area contributed by atoms with Crippen molar-refractivity contribution in [1.29, 1.82) is 0 Å². The number of amides is 2. The van der Waals surface area contributed by atoms with E-state index in [-0.39, 0.29) is 16.9 Å². The maximum atomic E-state index is 12.3. The molecule has 0 saturated heterocycles. The molecule has 5 nitrogen and oxygen atoms in total. The largest absolute Gasteiger partial charge is 0.332 e. The van der Waals surface area contributed by atoms with Gasteiger partial charge in [0.2, 0.25) is 0 Å². The van der Waals surface area contributed by atoms with Crippen LogP contribution in [0, 0.1) is 0 Å². The molecule has 0 unspecified atom stereocenters. The van der Waals surface area contributed by atoms with Gasteiger partial charge in [0.15, 0.2) is 5.11 Å². The number of halogens is 1. The van der Waals surface area contributed by atoms with Gasteiger partial charge in [-0.05, 0) is 78.8 Å². The van der Waals surface area contributed by atoms with E-state index < -0.39 is 0 Å². The Morgan fingerprint density at radius 2 is 1.47 bits per heavy atom. The standard InChI is InChI=1S/C23H20ClN3O2S/c1-2-15-6-8-16(9-7-15)21(28)27-23(30)26-20-12-10-19(11-13-20)25-22(29)17-4-3-5-18(24)14-17/h3-14H,2H2,1H3,(H,25,29)(H2,26,27,28,30). The first kappa shape index (κ1) is 21.5. The molecule has 0 bridgehead atoms. The third-order valence-electron chi connectivity index (χ3n) is 4.34. The van der Waals surface area contributed by atoms with Gasteiger partial charge >= 0.3 is 0 Å². The van der Waals surface area contributed by atoms with Crippen molar-refractivity contribution < 1.29 is 9.59 Å². The number of hydrogen-bond donors (Lipinski definition) is 3. The van der Waals surface area contributed by atoms with E-state index in [9.17, 15) is 9.59 Å². The summed E-state index contributed by atoms with van der Waals surface area (Å²) in [6.45, 7) is 2.06. The number of aryl methyl sites for hydroxylation is 1. The first-order chi connectivity index (χ1) is 14.4. The Labute approximate surface area is 185 Å². The van der Waals surface area contributed by atoms with Crippen molar-refractivity contribution in [3.05, 3.63) is 94.5 Å². The van der Waals surface area contributed by atoms with Crippen LogP contribution in [0.3, 0.4) is 0 Å². The molecule has 2 amide bonds. The van der Waals surface area contributed by atoms with Crippen LogP contribution in [0.1, 0.15) is 33.2 Å². The molecule has 0 heterocycles. The fourth-order valence-corrected chi connectivity index (χ4v) is 3.10. The van der Waals surface area contributed by atoms with Gasteiger partial charge in [-0.15, -0.1) is 0 Å². The van der Waals surface area contributed by atoms with Crippen molar-refractivity contribution in [2.24, 2.45) is 0 Å². The summed E-state index contributed by atoms with van der Waals surface area (Å²) in [6, 6.07) is 21.1. The molecule has 30 heavy (non-hydrogen) atoms. The highest BCUT2D eigenvalue weighted by atomic mass is 35.5. The number of nitrogens with one attached hydrogen (secondary N) is 3.